The fraction of sp³-hybridized carbons (Fsp3) is 0.500. The van der Waals surface area contributed by atoms with Crippen LogP contribution in [0.15, 0.2) is 52.3 Å². The van der Waals surface area contributed by atoms with Crippen molar-refractivity contribution in [1.29, 1.82) is 0 Å². The number of nitrogens with zero attached hydrogens (tertiary/aromatic N) is 1. The van der Waals surface area contributed by atoms with Crippen LogP contribution in [-0.2, 0) is 0 Å². The molecule has 0 aliphatic rings. The van der Waals surface area contributed by atoms with Gasteiger partial charge in [0.15, 0.2) is 0 Å². The fourth-order valence-electron chi connectivity index (χ4n) is 2.65. The van der Waals surface area contributed by atoms with Crippen LogP contribution in [0.2, 0.25) is 0 Å². The Bertz CT molecular complexity index is 623. The van der Waals surface area contributed by atoms with E-state index in [4.69, 9.17) is 9.73 Å². The topological polar surface area (TPSA) is 33.6 Å². The van der Waals surface area contributed by atoms with Crippen LogP contribution < -0.4 is 10.1 Å². The molecule has 0 heterocycles. The van der Waals surface area contributed by atoms with Gasteiger partial charge in [-0.25, -0.2) is 0 Å². The molecule has 0 saturated heterocycles. The number of unbranched alkanes of at least 4 members (excludes halogenated alkanes) is 1. The van der Waals surface area contributed by atoms with E-state index in [-0.39, 0.29) is 0 Å². The number of nitrogens with one attached hydrogen (secondary N) is 1. The third kappa shape index (κ3) is 6.41. The molecule has 0 aromatic heterocycles. The minimum atomic E-state index is 0.853. The smallest absolute Gasteiger partial charge is 0.127 e. The first-order chi connectivity index (χ1) is 12.1. The number of hydrogen-bond acceptors (Lipinski definition) is 3. The van der Waals surface area contributed by atoms with E-state index in [2.05, 4.69) is 52.1 Å². The zero-order valence-electron chi connectivity index (χ0n) is 16.8. The second kappa shape index (κ2) is 11.5. The molecule has 1 aromatic carbocycles. The summed E-state index contributed by atoms with van der Waals surface area (Å²) in [5.74, 6) is 0.871. The van der Waals surface area contributed by atoms with Crippen LogP contribution in [0.25, 0.3) is 0 Å². The summed E-state index contributed by atoms with van der Waals surface area (Å²) < 4.78 is 5.53. The lowest BCUT2D eigenvalue weighted by Crippen LogP contribution is -2.17. The largest absolute Gasteiger partial charge is 0.496 e. The first kappa shape index (κ1) is 21.0. The predicted octanol–water partition coefficient (Wildman–Crippen LogP) is 5.87. The lowest BCUT2D eigenvalue weighted by molar-refractivity contribution is 0.414. The molecule has 1 aromatic rings. The van der Waals surface area contributed by atoms with Gasteiger partial charge in [-0.2, -0.15) is 0 Å². The normalized spacial score (nSPS) is 12.1. The van der Waals surface area contributed by atoms with Gasteiger partial charge in [0.05, 0.1) is 24.2 Å². The number of benzene rings is 1. The highest BCUT2D eigenvalue weighted by molar-refractivity contribution is 6.03. The molecule has 1 N–H and O–H groups in total. The van der Waals surface area contributed by atoms with E-state index >= 15 is 0 Å². The van der Waals surface area contributed by atoms with E-state index in [1.54, 1.807) is 7.11 Å². The molecule has 0 atom stereocenters. The Hall–Kier alpha value is -2.03. The lowest BCUT2D eigenvalue weighted by atomic mass is 10.1. The van der Waals surface area contributed by atoms with Crippen molar-refractivity contribution in [2.24, 2.45) is 4.99 Å². The van der Waals surface area contributed by atoms with Crippen LogP contribution in [0, 0.1) is 0 Å². The van der Waals surface area contributed by atoms with Crippen LogP contribution in [0.5, 0.6) is 5.75 Å². The summed E-state index contributed by atoms with van der Waals surface area (Å²) >= 11 is 0. The van der Waals surface area contributed by atoms with Crippen LogP contribution in [0.4, 0.5) is 0 Å². The summed E-state index contributed by atoms with van der Waals surface area (Å²) in [6.45, 7) is 11.7. The van der Waals surface area contributed by atoms with Crippen molar-refractivity contribution < 1.29 is 4.74 Å². The molecule has 138 valence electrons. The Morgan fingerprint density at radius 2 is 1.88 bits per heavy atom. The monoisotopic (exact) mass is 342 g/mol. The lowest BCUT2D eigenvalue weighted by Gasteiger charge is -2.16. The van der Waals surface area contributed by atoms with Crippen molar-refractivity contribution in [1.82, 2.24) is 5.32 Å². The number of allylic oxidation sites excluding steroid dienone is 2. The van der Waals surface area contributed by atoms with Crippen molar-refractivity contribution >= 4 is 5.71 Å². The zero-order valence-corrected chi connectivity index (χ0v) is 16.8. The third-order valence-corrected chi connectivity index (χ3v) is 3.98. The molecular weight excluding hydrogens is 308 g/mol. The zero-order chi connectivity index (χ0) is 18.7. The fourth-order valence-corrected chi connectivity index (χ4v) is 2.65. The van der Waals surface area contributed by atoms with Gasteiger partial charge in [0, 0.05) is 12.1 Å². The van der Waals surface area contributed by atoms with Gasteiger partial charge in [-0.3, -0.25) is 4.99 Å². The molecule has 0 amide bonds. The second-order valence-electron chi connectivity index (χ2n) is 6.27. The molecule has 3 nitrogen and oxygen atoms in total. The number of aliphatic imine (C=N–C) groups is 1. The van der Waals surface area contributed by atoms with E-state index in [0.29, 0.717) is 0 Å². The van der Waals surface area contributed by atoms with Crippen LogP contribution in [-0.4, -0.2) is 19.4 Å². The van der Waals surface area contributed by atoms with Crippen molar-refractivity contribution in [3.8, 4) is 5.75 Å². The highest BCUT2D eigenvalue weighted by Crippen LogP contribution is 2.23. The molecule has 0 aliphatic carbocycles. The van der Waals surface area contributed by atoms with Gasteiger partial charge in [0.25, 0.3) is 0 Å². The number of methoxy groups -OCH3 is 1. The van der Waals surface area contributed by atoms with Gasteiger partial charge in [-0.1, -0.05) is 45.4 Å². The highest BCUT2D eigenvalue weighted by atomic mass is 16.5. The third-order valence-electron chi connectivity index (χ3n) is 3.98. The number of rotatable bonds is 10. The predicted molar refractivity (Wildman–Crippen MR) is 109 cm³/mol. The Labute approximate surface area is 153 Å². The van der Waals surface area contributed by atoms with Crippen molar-refractivity contribution in [2.75, 3.05) is 13.7 Å². The van der Waals surface area contributed by atoms with Gasteiger partial charge in [0.1, 0.15) is 5.75 Å². The van der Waals surface area contributed by atoms with E-state index in [9.17, 15) is 0 Å². The van der Waals surface area contributed by atoms with Gasteiger partial charge in [-0.05, 0) is 50.8 Å². The summed E-state index contributed by atoms with van der Waals surface area (Å²) in [4.78, 5) is 5.06. The Morgan fingerprint density at radius 3 is 2.44 bits per heavy atom. The van der Waals surface area contributed by atoms with Crippen LogP contribution in [0.1, 0.15) is 65.9 Å². The number of para-hydroxylation sites is 1. The average molecular weight is 343 g/mol. The summed E-state index contributed by atoms with van der Waals surface area (Å²) in [6, 6.07) is 8.10. The Morgan fingerprint density at radius 1 is 1.16 bits per heavy atom. The van der Waals surface area contributed by atoms with Crippen LogP contribution >= 0.6 is 0 Å². The molecule has 3 heteroatoms. The molecule has 0 unspecified atom stereocenters. The van der Waals surface area contributed by atoms with Crippen LogP contribution in [0.3, 0.4) is 0 Å². The van der Waals surface area contributed by atoms with E-state index in [1.807, 2.05) is 18.2 Å². The van der Waals surface area contributed by atoms with E-state index < -0.39 is 0 Å². The maximum Gasteiger partial charge on any atom is 0.127 e. The highest BCUT2D eigenvalue weighted by Gasteiger charge is 2.12. The molecule has 1 rings (SSSR count). The van der Waals surface area contributed by atoms with Crippen molar-refractivity contribution in [3.63, 3.8) is 0 Å². The van der Waals surface area contributed by atoms with Gasteiger partial charge in [0.2, 0.25) is 0 Å². The maximum atomic E-state index is 5.53. The molecule has 0 bridgehead atoms. The first-order valence-corrected chi connectivity index (χ1v) is 9.41. The molecule has 0 fully saturated rings. The Balaban J connectivity index is 3.30. The summed E-state index contributed by atoms with van der Waals surface area (Å²) in [5.41, 5.74) is 5.51. The molecule has 0 radical (unpaired) electrons. The number of ether oxygens (including phenoxy) is 1. The maximum absolute atomic E-state index is 5.53. The summed E-state index contributed by atoms with van der Waals surface area (Å²) in [6.07, 6.45) is 6.41. The SMILES string of the molecule is CC/C=C(\NCCCC)C(N=C(CC)c1ccccc1OC)=C(C)C. The molecular formula is C22H34N2O. The minimum absolute atomic E-state index is 0.853. The van der Waals surface area contributed by atoms with Crippen molar-refractivity contribution in [3.05, 3.63) is 52.9 Å². The minimum Gasteiger partial charge on any atom is -0.496 e. The standard InChI is InChI=1S/C22H34N2O/c1-7-10-16-23-20(13-8-2)22(17(4)5)24-19(9-3)18-14-11-12-15-21(18)25-6/h11-15,23H,7-10,16H2,1-6H3/b20-13-,24-19?. The van der Waals surface area contributed by atoms with Gasteiger partial charge >= 0.3 is 0 Å². The van der Waals surface area contributed by atoms with E-state index in [1.165, 1.54) is 12.0 Å². The summed E-state index contributed by atoms with van der Waals surface area (Å²) in [5, 5.41) is 3.58. The van der Waals surface area contributed by atoms with Gasteiger partial charge in [-0.15, -0.1) is 0 Å². The average Bonchev–Trinajstić information content (AvgIpc) is 2.62. The molecule has 0 spiro atoms. The number of hydrogen-bond donors (Lipinski definition) is 1. The second-order valence-corrected chi connectivity index (χ2v) is 6.27. The molecule has 0 saturated carbocycles. The Kier molecular flexibility index (Phi) is 9.68. The van der Waals surface area contributed by atoms with Crippen molar-refractivity contribution in [2.45, 2.75) is 60.3 Å². The quantitative estimate of drug-likeness (QED) is 0.328. The first-order valence-electron chi connectivity index (χ1n) is 9.41. The van der Waals surface area contributed by atoms with E-state index in [0.717, 1.165) is 54.2 Å². The van der Waals surface area contributed by atoms with Gasteiger partial charge < -0.3 is 10.1 Å². The summed E-state index contributed by atoms with van der Waals surface area (Å²) in [7, 11) is 1.71. The molecule has 0 aliphatic heterocycles. The molecule has 25 heavy (non-hydrogen) atoms.